The molecule has 2 aromatic rings. The molecule has 1 fully saturated rings. The van der Waals surface area contributed by atoms with E-state index in [1.165, 1.54) is 22.7 Å². The molecule has 0 spiro atoms. The Morgan fingerprint density at radius 2 is 2.26 bits per heavy atom. The summed E-state index contributed by atoms with van der Waals surface area (Å²) >= 11 is 1.82. The summed E-state index contributed by atoms with van der Waals surface area (Å²) in [7, 11) is 0. The number of nitrogens with two attached hydrogens (primary N) is 1. The zero-order chi connectivity index (χ0) is 13.2. The largest absolute Gasteiger partial charge is 0.330 e. The highest BCUT2D eigenvalue weighted by Gasteiger charge is 2.25. The number of hydrogen-bond acceptors (Lipinski definition) is 4. The number of aromatic nitrogens is 1. The Hall–Kier alpha value is -0.970. The predicted octanol–water partition coefficient (Wildman–Crippen LogP) is 2.71. The monoisotopic (exact) mass is 275 g/mol. The maximum absolute atomic E-state index is 5.87. The Labute approximate surface area is 118 Å². The molecule has 0 saturated carbocycles. The highest BCUT2D eigenvalue weighted by atomic mass is 32.1. The molecule has 1 aliphatic rings. The number of thiazole rings is 1. The Balaban J connectivity index is 1.71. The van der Waals surface area contributed by atoms with Crippen LogP contribution in [-0.4, -0.2) is 29.5 Å². The summed E-state index contributed by atoms with van der Waals surface area (Å²) in [6.45, 7) is 6.40. The minimum absolute atomic E-state index is 0.642. The molecule has 0 amide bonds. The molecular weight excluding hydrogens is 254 g/mol. The fourth-order valence-electron chi connectivity index (χ4n) is 2.85. The van der Waals surface area contributed by atoms with Gasteiger partial charge < -0.3 is 5.73 Å². The smallest absolute Gasteiger partial charge is 0.108 e. The van der Waals surface area contributed by atoms with Crippen LogP contribution in [0.4, 0.5) is 0 Å². The molecule has 1 aromatic carbocycles. The lowest BCUT2D eigenvalue weighted by Crippen LogP contribution is -2.42. The third-order valence-electron chi connectivity index (χ3n) is 4.20. The molecule has 3 nitrogen and oxygen atoms in total. The lowest BCUT2D eigenvalue weighted by atomic mass is 9.87. The van der Waals surface area contributed by atoms with Crippen molar-refractivity contribution in [3.63, 3.8) is 0 Å². The second kappa shape index (κ2) is 5.57. The number of benzene rings is 1. The second-order valence-electron chi connectivity index (χ2n) is 5.57. The van der Waals surface area contributed by atoms with Gasteiger partial charge in [-0.3, -0.25) is 4.90 Å². The van der Waals surface area contributed by atoms with Crippen molar-refractivity contribution in [3.8, 4) is 0 Å². The van der Waals surface area contributed by atoms with Gasteiger partial charge in [-0.1, -0.05) is 19.1 Å². The van der Waals surface area contributed by atoms with Crippen molar-refractivity contribution in [2.45, 2.75) is 19.9 Å². The molecule has 1 aliphatic heterocycles. The van der Waals surface area contributed by atoms with Crippen molar-refractivity contribution in [3.05, 3.63) is 29.3 Å². The van der Waals surface area contributed by atoms with E-state index in [4.69, 9.17) is 10.7 Å². The molecule has 3 rings (SSSR count). The van der Waals surface area contributed by atoms with E-state index >= 15 is 0 Å². The van der Waals surface area contributed by atoms with Gasteiger partial charge in [0.05, 0.1) is 16.8 Å². The van der Waals surface area contributed by atoms with E-state index in [9.17, 15) is 0 Å². The maximum atomic E-state index is 5.87. The summed E-state index contributed by atoms with van der Waals surface area (Å²) < 4.78 is 1.29. The van der Waals surface area contributed by atoms with Crippen LogP contribution < -0.4 is 5.73 Å². The van der Waals surface area contributed by atoms with Gasteiger partial charge in [0.2, 0.25) is 0 Å². The first kappa shape index (κ1) is 13.0. The van der Waals surface area contributed by atoms with Crippen LogP contribution in [0, 0.1) is 11.8 Å². The SMILES string of the molecule is CC1CCN(Cc2nc3ccccc3s2)CC1CN. The van der Waals surface area contributed by atoms with Crippen molar-refractivity contribution >= 4 is 21.6 Å². The van der Waals surface area contributed by atoms with Crippen molar-refractivity contribution in [1.29, 1.82) is 0 Å². The van der Waals surface area contributed by atoms with E-state index in [2.05, 4.69) is 36.1 Å². The minimum Gasteiger partial charge on any atom is -0.330 e. The molecule has 0 aliphatic carbocycles. The van der Waals surface area contributed by atoms with Gasteiger partial charge in [0, 0.05) is 6.54 Å². The van der Waals surface area contributed by atoms with Crippen LogP contribution >= 0.6 is 11.3 Å². The van der Waals surface area contributed by atoms with Gasteiger partial charge in [-0.2, -0.15) is 0 Å². The van der Waals surface area contributed by atoms with Crippen LogP contribution in [0.3, 0.4) is 0 Å². The number of likely N-dealkylation sites (tertiary alicyclic amines) is 1. The van der Waals surface area contributed by atoms with Crippen molar-refractivity contribution in [2.24, 2.45) is 17.6 Å². The van der Waals surface area contributed by atoms with Crippen LogP contribution in [0.2, 0.25) is 0 Å². The van der Waals surface area contributed by atoms with Crippen LogP contribution in [-0.2, 0) is 6.54 Å². The average Bonchev–Trinajstić information content (AvgIpc) is 2.83. The maximum Gasteiger partial charge on any atom is 0.108 e. The van der Waals surface area contributed by atoms with Gasteiger partial charge in [-0.15, -0.1) is 11.3 Å². The third-order valence-corrected chi connectivity index (χ3v) is 5.22. The molecule has 0 bridgehead atoms. The highest BCUT2D eigenvalue weighted by molar-refractivity contribution is 7.18. The third kappa shape index (κ3) is 2.81. The number of piperidine rings is 1. The number of rotatable bonds is 3. The predicted molar refractivity (Wildman–Crippen MR) is 81.2 cm³/mol. The number of nitrogens with zero attached hydrogens (tertiary/aromatic N) is 2. The fourth-order valence-corrected chi connectivity index (χ4v) is 3.86. The molecule has 1 aromatic heterocycles. The second-order valence-corrected chi connectivity index (χ2v) is 6.69. The summed E-state index contributed by atoms with van der Waals surface area (Å²) in [5, 5.41) is 1.23. The van der Waals surface area contributed by atoms with Crippen LogP contribution in [0.5, 0.6) is 0 Å². The molecule has 1 saturated heterocycles. The van der Waals surface area contributed by atoms with Crippen LogP contribution in [0.15, 0.2) is 24.3 Å². The fraction of sp³-hybridized carbons (Fsp3) is 0.533. The standard InChI is InChI=1S/C15H21N3S/c1-11-6-7-18(9-12(11)8-16)10-15-17-13-4-2-3-5-14(13)19-15/h2-5,11-12H,6-10,16H2,1H3. The quantitative estimate of drug-likeness (QED) is 0.936. The summed E-state index contributed by atoms with van der Waals surface area (Å²) in [6, 6.07) is 8.38. The Bertz CT molecular complexity index is 518. The highest BCUT2D eigenvalue weighted by Crippen LogP contribution is 2.26. The average molecular weight is 275 g/mol. The van der Waals surface area contributed by atoms with Crippen LogP contribution in [0.1, 0.15) is 18.4 Å². The molecule has 0 radical (unpaired) electrons. The summed E-state index contributed by atoms with van der Waals surface area (Å²) in [6.07, 6.45) is 1.26. The zero-order valence-corrected chi connectivity index (χ0v) is 12.2. The van der Waals surface area contributed by atoms with Crippen molar-refractivity contribution < 1.29 is 0 Å². The summed E-state index contributed by atoms with van der Waals surface area (Å²) in [5.41, 5.74) is 7.00. The van der Waals surface area contributed by atoms with E-state index in [-0.39, 0.29) is 0 Å². The van der Waals surface area contributed by atoms with Gasteiger partial charge in [0.15, 0.2) is 0 Å². The first-order valence-corrected chi connectivity index (χ1v) is 7.85. The lowest BCUT2D eigenvalue weighted by molar-refractivity contribution is 0.126. The Morgan fingerprint density at radius 1 is 1.42 bits per heavy atom. The van der Waals surface area contributed by atoms with E-state index in [0.717, 1.165) is 31.1 Å². The molecule has 2 N–H and O–H groups in total. The Kier molecular flexibility index (Phi) is 3.82. The first-order chi connectivity index (χ1) is 9.26. The molecule has 2 unspecified atom stereocenters. The van der Waals surface area contributed by atoms with E-state index < -0.39 is 0 Å². The van der Waals surface area contributed by atoms with E-state index in [0.29, 0.717) is 5.92 Å². The normalized spacial score (nSPS) is 24.9. The van der Waals surface area contributed by atoms with Crippen molar-refractivity contribution in [1.82, 2.24) is 9.88 Å². The Morgan fingerprint density at radius 3 is 3.05 bits per heavy atom. The summed E-state index contributed by atoms with van der Waals surface area (Å²) in [5.74, 6) is 1.40. The molecule has 19 heavy (non-hydrogen) atoms. The molecular formula is C15H21N3S. The minimum atomic E-state index is 0.642. The summed E-state index contributed by atoms with van der Waals surface area (Å²) in [4.78, 5) is 7.23. The molecule has 2 heterocycles. The van der Waals surface area contributed by atoms with Gasteiger partial charge in [-0.25, -0.2) is 4.98 Å². The lowest BCUT2D eigenvalue weighted by Gasteiger charge is -2.36. The van der Waals surface area contributed by atoms with Crippen LogP contribution in [0.25, 0.3) is 10.2 Å². The topological polar surface area (TPSA) is 42.2 Å². The number of hydrogen-bond donors (Lipinski definition) is 1. The first-order valence-electron chi connectivity index (χ1n) is 7.03. The number of para-hydroxylation sites is 1. The molecule has 102 valence electrons. The number of fused-ring (bicyclic) bond motifs is 1. The zero-order valence-electron chi connectivity index (χ0n) is 11.4. The van der Waals surface area contributed by atoms with Gasteiger partial charge in [0.1, 0.15) is 5.01 Å². The molecule has 2 atom stereocenters. The van der Waals surface area contributed by atoms with Crippen molar-refractivity contribution in [2.75, 3.05) is 19.6 Å². The van der Waals surface area contributed by atoms with E-state index in [1.54, 1.807) is 0 Å². The van der Waals surface area contributed by atoms with Gasteiger partial charge in [0.25, 0.3) is 0 Å². The van der Waals surface area contributed by atoms with E-state index in [1.807, 2.05) is 11.3 Å². The molecule has 4 heteroatoms. The van der Waals surface area contributed by atoms with Gasteiger partial charge >= 0.3 is 0 Å². The van der Waals surface area contributed by atoms with Gasteiger partial charge in [-0.05, 0) is 43.5 Å².